The number of para-hydroxylation sites is 1. The van der Waals surface area contributed by atoms with Crippen LogP contribution in [-0.2, 0) is 17.8 Å². The number of amides is 1. The van der Waals surface area contributed by atoms with Gasteiger partial charge in [-0.1, -0.05) is 72.8 Å². The molecular formula is C28H29N5O. The standard InChI is InChI=1S/C28H29N5O/c29-25-23-13-7-8-14-24(23)31-27(32-25)33-17-15-28(16-18-33,19-21-9-3-1-4-10-21)26(34)30-20-22-11-5-2-6-12-22/h1-14H,15-20H2,(H,30,34)(H2,29,31,32). The van der Waals surface area contributed by atoms with Crippen molar-refractivity contribution in [1.29, 1.82) is 0 Å². The van der Waals surface area contributed by atoms with Crippen LogP contribution < -0.4 is 16.0 Å². The Kier molecular flexibility index (Phi) is 6.12. The van der Waals surface area contributed by atoms with Crippen LogP contribution in [0.3, 0.4) is 0 Å². The van der Waals surface area contributed by atoms with Gasteiger partial charge < -0.3 is 16.0 Å². The number of carbonyl (C=O) groups excluding carboxylic acids is 1. The third-order valence-electron chi connectivity index (χ3n) is 6.79. The number of nitrogen functional groups attached to an aromatic ring is 1. The number of nitrogens with one attached hydrogen (secondary N) is 1. The number of fused-ring (bicyclic) bond motifs is 1. The molecule has 0 bridgehead atoms. The van der Waals surface area contributed by atoms with Crippen LogP contribution in [0.1, 0.15) is 24.0 Å². The van der Waals surface area contributed by atoms with Crippen molar-refractivity contribution in [3.8, 4) is 0 Å². The van der Waals surface area contributed by atoms with E-state index in [0.717, 1.165) is 29.3 Å². The number of hydrogen-bond donors (Lipinski definition) is 2. The summed E-state index contributed by atoms with van der Waals surface area (Å²) in [7, 11) is 0. The third kappa shape index (κ3) is 4.57. The molecule has 0 saturated carbocycles. The Bertz CT molecular complexity index is 1270. The van der Waals surface area contributed by atoms with Crippen molar-refractivity contribution in [2.24, 2.45) is 5.41 Å². The number of anilines is 2. The number of nitrogens with zero attached hydrogens (tertiary/aromatic N) is 3. The molecule has 3 N–H and O–H groups in total. The molecule has 34 heavy (non-hydrogen) atoms. The minimum atomic E-state index is -0.477. The largest absolute Gasteiger partial charge is 0.383 e. The van der Waals surface area contributed by atoms with E-state index >= 15 is 0 Å². The highest BCUT2D eigenvalue weighted by atomic mass is 16.2. The van der Waals surface area contributed by atoms with Gasteiger partial charge in [-0.25, -0.2) is 4.98 Å². The van der Waals surface area contributed by atoms with E-state index < -0.39 is 5.41 Å². The van der Waals surface area contributed by atoms with Crippen molar-refractivity contribution >= 4 is 28.6 Å². The lowest BCUT2D eigenvalue weighted by molar-refractivity contribution is -0.132. The fourth-order valence-electron chi connectivity index (χ4n) is 4.80. The number of benzene rings is 3. The summed E-state index contributed by atoms with van der Waals surface area (Å²) in [6.07, 6.45) is 2.15. The Balaban J connectivity index is 1.36. The summed E-state index contributed by atoms with van der Waals surface area (Å²) in [5.74, 6) is 1.23. The van der Waals surface area contributed by atoms with Gasteiger partial charge in [0.05, 0.1) is 10.9 Å². The number of nitrogens with two attached hydrogens (primary N) is 1. The van der Waals surface area contributed by atoms with E-state index in [1.807, 2.05) is 72.8 Å². The zero-order valence-corrected chi connectivity index (χ0v) is 19.2. The molecule has 1 saturated heterocycles. The van der Waals surface area contributed by atoms with Gasteiger partial charge in [-0.3, -0.25) is 4.79 Å². The molecule has 2 heterocycles. The first-order valence-electron chi connectivity index (χ1n) is 11.8. The summed E-state index contributed by atoms with van der Waals surface area (Å²) in [5, 5.41) is 4.07. The van der Waals surface area contributed by atoms with Crippen LogP contribution in [-0.4, -0.2) is 29.0 Å². The van der Waals surface area contributed by atoms with Crippen molar-refractivity contribution in [2.45, 2.75) is 25.8 Å². The lowest BCUT2D eigenvalue weighted by Gasteiger charge is -2.41. The van der Waals surface area contributed by atoms with Crippen molar-refractivity contribution in [3.63, 3.8) is 0 Å². The fourth-order valence-corrected chi connectivity index (χ4v) is 4.80. The SMILES string of the molecule is Nc1nc(N2CCC(Cc3ccccc3)(C(=O)NCc3ccccc3)CC2)nc2ccccc12. The van der Waals surface area contributed by atoms with E-state index in [1.54, 1.807) is 0 Å². The maximum Gasteiger partial charge on any atom is 0.227 e. The van der Waals surface area contributed by atoms with Crippen LogP contribution >= 0.6 is 0 Å². The second-order valence-corrected chi connectivity index (χ2v) is 9.02. The highest BCUT2D eigenvalue weighted by Crippen LogP contribution is 2.37. The van der Waals surface area contributed by atoms with Gasteiger partial charge in [0.2, 0.25) is 11.9 Å². The van der Waals surface area contributed by atoms with Crippen molar-refractivity contribution in [3.05, 3.63) is 96.1 Å². The minimum absolute atomic E-state index is 0.110. The molecule has 1 aromatic heterocycles. The number of carbonyl (C=O) groups is 1. The van der Waals surface area contributed by atoms with Crippen molar-refractivity contribution in [1.82, 2.24) is 15.3 Å². The summed E-state index contributed by atoms with van der Waals surface area (Å²) < 4.78 is 0. The summed E-state index contributed by atoms with van der Waals surface area (Å²) in [6.45, 7) is 1.93. The summed E-state index contributed by atoms with van der Waals surface area (Å²) >= 11 is 0. The van der Waals surface area contributed by atoms with Crippen molar-refractivity contribution in [2.75, 3.05) is 23.7 Å². The number of rotatable bonds is 6. The van der Waals surface area contributed by atoms with E-state index in [0.29, 0.717) is 37.8 Å². The maximum atomic E-state index is 13.6. The molecule has 5 rings (SSSR count). The first-order chi connectivity index (χ1) is 16.6. The lowest BCUT2D eigenvalue weighted by atomic mass is 9.73. The van der Waals surface area contributed by atoms with Gasteiger partial charge in [0, 0.05) is 25.0 Å². The molecule has 172 valence electrons. The molecule has 3 aromatic carbocycles. The fraction of sp³-hybridized carbons (Fsp3) is 0.250. The predicted octanol–water partition coefficient (Wildman–Crippen LogP) is 4.36. The number of hydrogen-bond acceptors (Lipinski definition) is 5. The average Bonchev–Trinajstić information content (AvgIpc) is 2.89. The van der Waals surface area contributed by atoms with Gasteiger partial charge in [-0.05, 0) is 42.5 Å². The van der Waals surface area contributed by atoms with Crippen LogP contribution in [0.15, 0.2) is 84.9 Å². The van der Waals surface area contributed by atoms with Gasteiger partial charge in [-0.2, -0.15) is 4.98 Å². The Morgan fingerprint density at radius 3 is 2.18 bits per heavy atom. The topological polar surface area (TPSA) is 84.1 Å². The Morgan fingerprint density at radius 2 is 1.47 bits per heavy atom. The van der Waals surface area contributed by atoms with Crippen molar-refractivity contribution < 1.29 is 4.79 Å². The van der Waals surface area contributed by atoms with Crippen LogP contribution in [0, 0.1) is 5.41 Å². The third-order valence-corrected chi connectivity index (χ3v) is 6.79. The summed E-state index contributed by atoms with van der Waals surface area (Å²) in [6, 6.07) is 28.1. The molecule has 1 aliphatic heterocycles. The summed E-state index contributed by atoms with van der Waals surface area (Å²) in [4.78, 5) is 25.1. The van der Waals surface area contributed by atoms with E-state index in [-0.39, 0.29) is 5.91 Å². The van der Waals surface area contributed by atoms with E-state index in [4.69, 9.17) is 10.7 Å². The molecule has 4 aromatic rings. The predicted molar refractivity (Wildman–Crippen MR) is 136 cm³/mol. The van der Waals surface area contributed by atoms with E-state index in [9.17, 15) is 4.79 Å². The van der Waals surface area contributed by atoms with Crippen LogP contribution in [0.25, 0.3) is 10.9 Å². The molecule has 6 heteroatoms. The maximum absolute atomic E-state index is 13.6. The average molecular weight is 452 g/mol. The van der Waals surface area contributed by atoms with Gasteiger partial charge in [0.25, 0.3) is 0 Å². The smallest absolute Gasteiger partial charge is 0.227 e. The molecule has 0 radical (unpaired) electrons. The Hall–Kier alpha value is -3.93. The monoisotopic (exact) mass is 451 g/mol. The molecule has 0 atom stereocenters. The van der Waals surface area contributed by atoms with Crippen LogP contribution in [0.5, 0.6) is 0 Å². The highest BCUT2D eigenvalue weighted by molar-refractivity contribution is 5.89. The summed E-state index contributed by atoms with van der Waals surface area (Å²) in [5.41, 5.74) is 8.86. The lowest BCUT2D eigenvalue weighted by Crippen LogP contribution is -2.50. The van der Waals surface area contributed by atoms with Crippen LogP contribution in [0.2, 0.25) is 0 Å². The van der Waals surface area contributed by atoms with Gasteiger partial charge >= 0.3 is 0 Å². The normalized spacial score (nSPS) is 15.2. The van der Waals surface area contributed by atoms with E-state index in [2.05, 4.69) is 27.3 Å². The van der Waals surface area contributed by atoms with Gasteiger partial charge in [0.1, 0.15) is 5.82 Å². The number of piperidine rings is 1. The number of aromatic nitrogens is 2. The van der Waals surface area contributed by atoms with E-state index in [1.165, 1.54) is 5.56 Å². The molecule has 0 aliphatic carbocycles. The Labute approximate surface area is 199 Å². The zero-order chi connectivity index (χ0) is 23.4. The molecule has 0 unspecified atom stereocenters. The van der Waals surface area contributed by atoms with Crippen LogP contribution in [0.4, 0.5) is 11.8 Å². The quantitative estimate of drug-likeness (QED) is 0.455. The minimum Gasteiger partial charge on any atom is -0.383 e. The zero-order valence-electron chi connectivity index (χ0n) is 19.2. The second kappa shape index (κ2) is 9.51. The molecule has 1 fully saturated rings. The highest BCUT2D eigenvalue weighted by Gasteiger charge is 2.41. The molecule has 1 amide bonds. The molecular weight excluding hydrogens is 422 g/mol. The van der Waals surface area contributed by atoms with Gasteiger partial charge in [0.15, 0.2) is 0 Å². The first-order valence-corrected chi connectivity index (χ1v) is 11.8. The van der Waals surface area contributed by atoms with Gasteiger partial charge in [-0.15, -0.1) is 0 Å². The Morgan fingerprint density at radius 1 is 0.853 bits per heavy atom. The molecule has 0 spiro atoms. The molecule has 6 nitrogen and oxygen atoms in total. The molecule has 1 aliphatic rings. The second-order valence-electron chi connectivity index (χ2n) is 9.02. The first kappa shape index (κ1) is 21.9.